The van der Waals surface area contributed by atoms with E-state index in [1.54, 1.807) is 6.08 Å². The standard InChI is InChI=1S/C24H28N2O4/c1-3-29-21-12-8-17(15-22(21)30-4-2)9-13-23(27)25-16-18-6-5-7-20(14-18)26-24(28)19-10-11-19/h5-9,12-15,19H,3-4,10-11,16H2,1-2H3,(H,25,27)(H,26,28)/b13-9+. The first kappa shape index (κ1) is 21.4. The summed E-state index contributed by atoms with van der Waals surface area (Å²) in [6.07, 6.45) is 5.16. The van der Waals surface area contributed by atoms with Crippen molar-refractivity contribution in [1.29, 1.82) is 0 Å². The number of nitrogens with one attached hydrogen (secondary N) is 2. The van der Waals surface area contributed by atoms with Gasteiger partial charge in [-0.3, -0.25) is 9.59 Å². The fraction of sp³-hybridized carbons (Fsp3) is 0.333. The number of hydrogen-bond donors (Lipinski definition) is 2. The van der Waals surface area contributed by atoms with Gasteiger partial charge in [0.25, 0.3) is 0 Å². The van der Waals surface area contributed by atoms with E-state index in [2.05, 4.69) is 10.6 Å². The van der Waals surface area contributed by atoms with Crippen LogP contribution in [0.2, 0.25) is 0 Å². The molecule has 0 heterocycles. The zero-order chi connectivity index (χ0) is 21.3. The van der Waals surface area contributed by atoms with Crippen LogP contribution in [0.5, 0.6) is 11.5 Å². The first-order valence-electron chi connectivity index (χ1n) is 10.3. The van der Waals surface area contributed by atoms with E-state index in [1.807, 2.05) is 56.3 Å². The highest BCUT2D eigenvalue weighted by Gasteiger charge is 2.29. The Kier molecular flexibility index (Phi) is 7.49. The summed E-state index contributed by atoms with van der Waals surface area (Å²) in [5.41, 5.74) is 2.53. The lowest BCUT2D eigenvalue weighted by Gasteiger charge is -2.11. The van der Waals surface area contributed by atoms with Gasteiger partial charge in [0, 0.05) is 24.2 Å². The maximum Gasteiger partial charge on any atom is 0.244 e. The van der Waals surface area contributed by atoms with Crippen molar-refractivity contribution in [1.82, 2.24) is 5.32 Å². The van der Waals surface area contributed by atoms with Crippen LogP contribution in [0.4, 0.5) is 5.69 Å². The third kappa shape index (κ3) is 6.37. The predicted octanol–water partition coefficient (Wildman–Crippen LogP) is 4.16. The number of hydrogen-bond acceptors (Lipinski definition) is 4. The number of carbonyl (C=O) groups excluding carboxylic acids is 2. The predicted molar refractivity (Wildman–Crippen MR) is 117 cm³/mol. The van der Waals surface area contributed by atoms with Crippen molar-refractivity contribution < 1.29 is 19.1 Å². The molecule has 1 aliphatic rings. The molecule has 2 N–H and O–H groups in total. The lowest BCUT2D eigenvalue weighted by atomic mass is 10.1. The molecule has 2 amide bonds. The van der Waals surface area contributed by atoms with E-state index in [1.165, 1.54) is 6.08 Å². The Hall–Kier alpha value is -3.28. The van der Waals surface area contributed by atoms with E-state index >= 15 is 0 Å². The third-order valence-electron chi connectivity index (χ3n) is 4.60. The van der Waals surface area contributed by atoms with Crippen LogP contribution in [-0.4, -0.2) is 25.0 Å². The molecule has 0 spiro atoms. The van der Waals surface area contributed by atoms with Crippen LogP contribution in [0.3, 0.4) is 0 Å². The van der Waals surface area contributed by atoms with E-state index in [4.69, 9.17) is 9.47 Å². The van der Waals surface area contributed by atoms with Crippen molar-refractivity contribution in [3.05, 3.63) is 59.7 Å². The van der Waals surface area contributed by atoms with Crippen molar-refractivity contribution in [3.8, 4) is 11.5 Å². The maximum atomic E-state index is 12.2. The first-order chi connectivity index (χ1) is 14.6. The summed E-state index contributed by atoms with van der Waals surface area (Å²) in [5.74, 6) is 1.38. The fourth-order valence-corrected chi connectivity index (χ4v) is 2.94. The molecule has 0 bridgehead atoms. The summed E-state index contributed by atoms with van der Waals surface area (Å²) in [7, 11) is 0. The Balaban J connectivity index is 1.54. The number of anilines is 1. The van der Waals surface area contributed by atoms with Gasteiger partial charge >= 0.3 is 0 Å². The summed E-state index contributed by atoms with van der Waals surface area (Å²) in [4.78, 5) is 24.1. The minimum absolute atomic E-state index is 0.0703. The topological polar surface area (TPSA) is 76.7 Å². The molecule has 6 nitrogen and oxygen atoms in total. The average Bonchev–Trinajstić information content (AvgIpc) is 3.58. The molecule has 1 fully saturated rings. The van der Waals surface area contributed by atoms with Crippen LogP contribution in [0.1, 0.15) is 37.8 Å². The molecule has 1 saturated carbocycles. The second-order valence-corrected chi connectivity index (χ2v) is 7.09. The second kappa shape index (κ2) is 10.5. The van der Waals surface area contributed by atoms with Crippen LogP contribution < -0.4 is 20.1 Å². The minimum atomic E-state index is -0.200. The lowest BCUT2D eigenvalue weighted by Crippen LogP contribution is -2.20. The van der Waals surface area contributed by atoms with E-state index in [-0.39, 0.29) is 17.7 Å². The van der Waals surface area contributed by atoms with Gasteiger partial charge in [-0.15, -0.1) is 0 Å². The Morgan fingerprint density at radius 3 is 2.53 bits per heavy atom. The molecule has 0 aromatic heterocycles. The SMILES string of the molecule is CCOc1ccc(/C=C/C(=O)NCc2cccc(NC(=O)C3CC3)c2)cc1OCC. The molecule has 3 rings (SSSR count). The van der Waals surface area contributed by atoms with Crippen LogP contribution in [0.25, 0.3) is 6.08 Å². The number of carbonyl (C=O) groups is 2. The van der Waals surface area contributed by atoms with E-state index in [0.717, 1.165) is 29.7 Å². The lowest BCUT2D eigenvalue weighted by molar-refractivity contribution is -0.117. The quantitative estimate of drug-likeness (QED) is 0.579. The monoisotopic (exact) mass is 408 g/mol. The summed E-state index contributed by atoms with van der Waals surface area (Å²) < 4.78 is 11.2. The Labute approximate surface area is 177 Å². The number of amides is 2. The summed E-state index contributed by atoms with van der Waals surface area (Å²) in [6.45, 7) is 5.31. The number of rotatable bonds is 10. The van der Waals surface area contributed by atoms with E-state index in [9.17, 15) is 9.59 Å². The van der Waals surface area contributed by atoms with Gasteiger partial charge in [0.1, 0.15) is 0 Å². The molecule has 6 heteroatoms. The largest absolute Gasteiger partial charge is 0.490 e. The maximum absolute atomic E-state index is 12.2. The molecule has 1 aliphatic carbocycles. The normalized spacial score (nSPS) is 13.1. The number of ether oxygens (including phenoxy) is 2. The van der Waals surface area contributed by atoms with Crippen molar-refractivity contribution >= 4 is 23.6 Å². The first-order valence-corrected chi connectivity index (χ1v) is 10.3. The summed E-state index contributed by atoms with van der Waals surface area (Å²) in [5, 5.41) is 5.78. The van der Waals surface area contributed by atoms with Gasteiger partial charge in [-0.25, -0.2) is 0 Å². The van der Waals surface area contributed by atoms with Crippen LogP contribution in [0, 0.1) is 5.92 Å². The third-order valence-corrected chi connectivity index (χ3v) is 4.60. The molecule has 2 aromatic carbocycles. The van der Waals surface area contributed by atoms with Gasteiger partial charge < -0.3 is 20.1 Å². The highest BCUT2D eigenvalue weighted by Crippen LogP contribution is 2.30. The van der Waals surface area contributed by atoms with E-state index < -0.39 is 0 Å². The van der Waals surface area contributed by atoms with Gasteiger partial charge in [0.15, 0.2) is 11.5 Å². The van der Waals surface area contributed by atoms with Crippen LogP contribution >= 0.6 is 0 Å². The molecule has 0 radical (unpaired) electrons. The zero-order valence-electron chi connectivity index (χ0n) is 17.4. The summed E-state index contributed by atoms with van der Waals surface area (Å²) >= 11 is 0. The van der Waals surface area contributed by atoms with Gasteiger partial charge in [0.2, 0.25) is 11.8 Å². The Morgan fingerprint density at radius 2 is 1.80 bits per heavy atom. The fourth-order valence-electron chi connectivity index (χ4n) is 2.94. The molecule has 2 aromatic rings. The van der Waals surface area contributed by atoms with Crippen LogP contribution in [-0.2, 0) is 16.1 Å². The van der Waals surface area contributed by atoms with Crippen LogP contribution in [0.15, 0.2) is 48.5 Å². The minimum Gasteiger partial charge on any atom is -0.490 e. The van der Waals surface area contributed by atoms with Gasteiger partial charge in [0.05, 0.1) is 13.2 Å². The van der Waals surface area contributed by atoms with Crippen molar-refractivity contribution in [2.45, 2.75) is 33.2 Å². The molecule has 0 aliphatic heterocycles. The van der Waals surface area contributed by atoms with Gasteiger partial charge in [-0.05, 0) is 68.2 Å². The molecular formula is C24H28N2O4. The second-order valence-electron chi connectivity index (χ2n) is 7.09. The molecule has 30 heavy (non-hydrogen) atoms. The molecule has 0 saturated heterocycles. The van der Waals surface area contributed by atoms with E-state index in [0.29, 0.717) is 31.3 Å². The zero-order valence-corrected chi connectivity index (χ0v) is 17.4. The highest BCUT2D eigenvalue weighted by molar-refractivity contribution is 5.94. The Bertz CT molecular complexity index is 919. The molecular weight excluding hydrogens is 380 g/mol. The molecule has 0 atom stereocenters. The average molecular weight is 408 g/mol. The highest BCUT2D eigenvalue weighted by atomic mass is 16.5. The Morgan fingerprint density at radius 1 is 1.03 bits per heavy atom. The van der Waals surface area contributed by atoms with Crippen molar-refractivity contribution in [2.24, 2.45) is 5.92 Å². The molecule has 158 valence electrons. The van der Waals surface area contributed by atoms with Gasteiger partial charge in [-0.1, -0.05) is 18.2 Å². The van der Waals surface area contributed by atoms with Crippen molar-refractivity contribution in [2.75, 3.05) is 18.5 Å². The van der Waals surface area contributed by atoms with Crippen molar-refractivity contribution in [3.63, 3.8) is 0 Å². The van der Waals surface area contributed by atoms with Gasteiger partial charge in [-0.2, -0.15) is 0 Å². The number of benzene rings is 2. The summed E-state index contributed by atoms with van der Waals surface area (Å²) in [6, 6.07) is 13.1. The molecule has 0 unspecified atom stereocenters. The smallest absolute Gasteiger partial charge is 0.244 e.